The average molecular weight is 260 g/mol. The molecule has 0 aromatic carbocycles. The summed E-state index contributed by atoms with van der Waals surface area (Å²) in [6.45, 7) is 1.16. The lowest BCUT2D eigenvalue weighted by atomic mass is 10.1. The molecule has 19 heavy (non-hydrogen) atoms. The lowest BCUT2D eigenvalue weighted by Crippen LogP contribution is -2.35. The molecule has 0 radical (unpaired) electrons. The van der Waals surface area contributed by atoms with Crippen LogP contribution in [0.5, 0.6) is 0 Å². The standard InChI is InChI=1S/C13H16N4O2/c14-13-16-10-5-7-17(8-11(10)19-13)12(18)4-3-9-2-1-6-15-9/h1-2,6,15H,3-5,7-8H2,(H2,14,16). The Labute approximate surface area is 110 Å². The van der Waals surface area contributed by atoms with Gasteiger partial charge in [-0.25, -0.2) is 0 Å². The summed E-state index contributed by atoms with van der Waals surface area (Å²) in [6.07, 6.45) is 3.81. The Morgan fingerprint density at radius 1 is 1.58 bits per heavy atom. The lowest BCUT2D eigenvalue weighted by Gasteiger charge is -2.25. The molecule has 0 bridgehead atoms. The topological polar surface area (TPSA) is 88.2 Å². The van der Waals surface area contributed by atoms with Crippen LogP contribution in [0.2, 0.25) is 0 Å². The van der Waals surface area contributed by atoms with Gasteiger partial charge in [-0.3, -0.25) is 4.79 Å². The monoisotopic (exact) mass is 260 g/mol. The zero-order valence-corrected chi connectivity index (χ0v) is 10.6. The number of oxazole rings is 1. The molecule has 3 N–H and O–H groups in total. The number of aryl methyl sites for hydroxylation is 1. The highest BCUT2D eigenvalue weighted by Gasteiger charge is 2.24. The van der Waals surface area contributed by atoms with Gasteiger partial charge in [0.05, 0.1) is 12.2 Å². The van der Waals surface area contributed by atoms with Crippen LogP contribution < -0.4 is 5.73 Å². The zero-order valence-electron chi connectivity index (χ0n) is 10.6. The van der Waals surface area contributed by atoms with Gasteiger partial charge in [-0.1, -0.05) is 0 Å². The van der Waals surface area contributed by atoms with E-state index in [0.29, 0.717) is 25.9 Å². The Bertz CT molecular complexity index is 573. The quantitative estimate of drug-likeness (QED) is 0.865. The molecule has 1 aliphatic heterocycles. The van der Waals surface area contributed by atoms with E-state index < -0.39 is 0 Å². The molecule has 0 atom stereocenters. The van der Waals surface area contributed by atoms with Crippen LogP contribution in [0, 0.1) is 0 Å². The van der Waals surface area contributed by atoms with Crippen LogP contribution in [0.4, 0.5) is 6.01 Å². The van der Waals surface area contributed by atoms with Gasteiger partial charge in [-0.2, -0.15) is 4.98 Å². The SMILES string of the molecule is Nc1nc2c(o1)CN(C(=O)CCc1ccc[nH]1)CC2. The van der Waals surface area contributed by atoms with E-state index in [4.69, 9.17) is 10.2 Å². The van der Waals surface area contributed by atoms with Gasteiger partial charge >= 0.3 is 0 Å². The number of carbonyl (C=O) groups excluding carboxylic acids is 1. The summed E-state index contributed by atoms with van der Waals surface area (Å²) in [7, 11) is 0. The first-order valence-corrected chi connectivity index (χ1v) is 6.36. The van der Waals surface area contributed by atoms with Crippen molar-refractivity contribution in [3.63, 3.8) is 0 Å². The van der Waals surface area contributed by atoms with E-state index >= 15 is 0 Å². The van der Waals surface area contributed by atoms with E-state index in [2.05, 4.69) is 9.97 Å². The molecule has 1 amide bonds. The van der Waals surface area contributed by atoms with Gasteiger partial charge in [-0.15, -0.1) is 0 Å². The van der Waals surface area contributed by atoms with Crippen molar-refractivity contribution >= 4 is 11.9 Å². The van der Waals surface area contributed by atoms with E-state index in [1.54, 1.807) is 4.90 Å². The highest BCUT2D eigenvalue weighted by atomic mass is 16.4. The number of hydrogen-bond acceptors (Lipinski definition) is 4. The number of amides is 1. The lowest BCUT2D eigenvalue weighted by molar-refractivity contribution is -0.132. The second-order valence-electron chi connectivity index (χ2n) is 4.68. The number of carbonyl (C=O) groups is 1. The zero-order chi connectivity index (χ0) is 13.2. The van der Waals surface area contributed by atoms with E-state index in [0.717, 1.165) is 23.6 Å². The summed E-state index contributed by atoms with van der Waals surface area (Å²) in [4.78, 5) is 21.1. The minimum atomic E-state index is 0.134. The maximum absolute atomic E-state index is 12.1. The third kappa shape index (κ3) is 2.47. The molecule has 100 valence electrons. The molecular formula is C13H16N4O2. The third-order valence-corrected chi connectivity index (χ3v) is 3.37. The molecule has 3 heterocycles. The van der Waals surface area contributed by atoms with Gasteiger partial charge in [0.2, 0.25) is 5.91 Å². The number of aromatic nitrogens is 2. The second kappa shape index (κ2) is 4.79. The van der Waals surface area contributed by atoms with Crippen LogP contribution in [0.15, 0.2) is 22.7 Å². The van der Waals surface area contributed by atoms with Crippen molar-refractivity contribution in [3.05, 3.63) is 35.5 Å². The van der Waals surface area contributed by atoms with Crippen LogP contribution in [0.3, 0.4) is 0 Å². The first kappa shape index (κ1) is 11.8. The molecule has 0 saturated heterocycles. The predicted octanol–water partition coefficient (Wildman–Crippen LogP) is 1.10. The van der Waals surface area contributed by atoms with Crippen molar-refractivity contribution in [2.45, 2.75) is 25.8 Å². The fraction of sp³-hybridized carbons (Fsp3) is 0.385. The summed E-state index contributed by atoms with van der Waals surface area (Å²) in [5.41, 5.74) is 7.48. The van der Waals surface area contributed by atoms with Crippen LogP contribution in [0.1, 0.15) is 23.6 Å². The highest BCUT2D eigenvalue weighted by Crippen LogP contribution is 2.21. The van der Waals surface area contributed by atoms with Gasteiger partial charge < -0.3 is 20.0 Å². The Balaban J connectivity index is 1.59. The van der Waals surface area contributed by atoms with Crippen LogP contribution in [0.25, 0.3) is 0 Å². The van der Waals surface area contributed by atoms with Crippen molar-refractivity contribution in [3.8, 4) is 0 Å². The number of anilines is 1. The fourth-order valence-electron chi connectivity index (χ4n) is 2.35. The number of aromatic amines is 1. The summed E-state index contributed by atoms with van der Waals surface area (Å²) in [5.74, 6) is 0.854. The highest BCUT2D eigenvalue weighted by molar-refractivity contribution is 5.76. The van der Waals surface area contributed by atoms with Gasteiger partial charge in [0, 0.05) is 31.3 Å². The Kier molecular flexibility index (Phi) is 2.98. The maximum Gasteiger partial charge on any atom is 0.292 e. The molecule has 6 nitrogen and oxygen atoms in total. The largest absolute Gasteiger partial charge is 0.427 e. The Morgan fingerprint density at radius 2 is 2.47 bits per heavy atom. The smallest absolute Gasteiger partial charge is 0.292 e. The number of nitrogen functional groups attached to an aromatic ring is 1. The first-order valence-electron chi connectivity index (χ1n) is 6.36. The predicted molar refractivity (Wildman–Crippen MR) is 69.2 cm³/mol. The Hall–Kier alpha value is -2.24. The van der Waals surface area contributed by atoms with Gasteiger partial charge in [0.1, 0.15) is 5.76 Å². The fourth-order valence-corrected chi connectivity index (χ4v) is 2.35. The first-order chi connectivity index (χ1) is 9.22. The molecular weight excluding hydrogens is 244 g/mol. The summed E-state index contributed by atoms with van der Waals surface area (Å²) < 4.78 is 5.30. The Morgan fingerprint density at radius 3 is 3.26 bits per heavy atom. The summed E-state index contributed by atoms with van der Waals surface area (Å²) in [6, 6.07) is 4.11. The van der Waals surface area contributed by atoms with E-state index in [-0.39, 0.29) is 11.9 Å². The average Bonchev–Trinajstić information content (AvgIpc) is 3.02. The molecule has 3 rings (SSSR count). The van der Waals surface area contributed by atoms with E-state index in [1.807, 2.05) is 18.3 Å². The second-order valence-corrected chi connectivity index (χ2v) is 4.68. The van der Waals surface area contributed by atoms with Gasteiger partial charge in [0.15, 0.2) is 0 Å². The number of fused-ring (bicyclic) bond motifs is 1. The summed E-state index contributed by atoms with van der Waals surface area (Å²) >= 11 is 0. The number of nitrogens with one attached hydrogen (secondary N) is 1. The van der Waals surface area contributed by atoms with E-state index in [9.17, 15) is 4.79 Å². The maximum atomic E-state index is 12.1. The van der Waals surface area contributed by atoms with E-state index in [1.165, 1.54) is 0 Å². The molecule has 2 aromatic rings. The van der Waals surface area contributed by atoms with Crippen LogP contribution in [-0.2, 0) is 24.2 Å². The molecule has 0 saturated carbocycles. The number of nitrogens with zero attached hydrogens (tertiary/aromatic N) is 2. The van der Waals surface area contributed by atoms with Crippen molar-refractivity contribution in [2.75, 3.05) is 12.3 Å². The van der Waals surface area contributed by atoms with Gasteiger partial charge in [-0.05, 0) is 18.6 Å². The number of hydrogen-bond donors (Lipinski definition) is 2. The minimum Gasteiger partial charge on any atom is -0.427 e. The molecule has 0 fully saturated rings. The van der Waals surface area contributed by atoms with Crippen molar-refractivity contribution in [2.24, 2.45) is 0 Å². The molecule has 0 spiro atoms. The normalized spacial score (nSPS) is 14.4. The van der Waals surface area contributed by atoms with Crippen molar-refractivity contribution in [1.29, 1.82) is 0 Å². The van der Waals surface area contributed by atoms with Crippen molar-refractivity contribution in [1.82, 2.24) is 14.9 Å². The molecule has 0 aliphatic carbocycles. The molecule has 0 unspecified atom stereocenters. The molecule has 1 aliphatic rings. The molecule has 2 aromatic heterocycles. The van der Waals surface area contributed by atoms with Crippen LogP contribution in [-0.4, -0.2) is 27.3 Å². The molecule has 6 heteroatoms. The minimum absolute atomic E-state index is 0.134. The number of nitrogens with two attached hydrogens (primary N) is 1. The third-order valence-electron chi connectivity index (χ3n) is 3.37. The summed E-state index contributed by atoms with van der Waals surface area (Å²) in [5, 5.41) is 0. The van der Waals surface area contributed by atoms with Crippen molar-refractivity contribution < 1.29 is 9.21 Å². The number of H-pyrrole nitrogens is 1. The number of rotatable bonds is 3. The van der Waals surface area contributed by atoms with Crippen LogP contribution >= 0.6 is 0 Å². The van der Waals surface area contributed by atoms with Gasteiger partial charge in [0.25, 0.3) is 6.01 Å².